The Bertz CT molecular complexity index is 454. The van der Waals surface area contributed by atoms with Gasteiger partial charge in [-0.1, -0.05) is 19.1 Å². The fourth-order valence-corrected chi connectivity index (χ4v) is 2.54. The second kappa shape index (κ2) is 8.03. The Morgan fingerprint density at radius 3 is 2.86 bits per heavy atom. The molecular weight excluding hydrogens is 264 g/mol. The van der Waals surface area contributed by atoms with Crippen molar-refractivity contribution in [2.24, 2.45) is 5.92 Å². The molecule has 1 aromatic rings. The lowest BCUT2D eigenvalue weighted by Gasteiger charge is -2.29. The zero-order valence-corrected chi connectivity index (χ0v) is 13.1. The monoisotopic (exact) mass is 290 g/mol. The van der Waals surface area contributed by atoms with Gasteiger partial charge in [0.15, 0.2) is 0 Å². The maximum atomic E-state index is 11.8. The van der Waals surface area contributed by atoms with Crippen molar-refractivity contribution < 1.29 is 9.53 Å². The maximum Gasteiger partial charge on any atom is 0.234 e. The zero-order valence-electron chi connectivity index (χ0n) is 13.1. The van der Waals surface area contributed by atoms with E-state index in [1.807, 2.05) is 31.2 Å². The van der Waals surface area contributed by atoms with E-state index >= 15 is 0 Å². The molecule has 1 saturated heterocycles. The number of hydrogen-bond donors (Lipinski definition) is 1. The van der Waals surface area contributed by atoms with Crippen LogP contribution < -0.4 is 10.1 Å². The number of rotatable bonds is 6. The summed E-state index contributed by atoms with van der Waals surface area (Å²) in [6, 6.07) is 7.94. The summed E-state index contributed by atoms with van der Waals surface area (Å²) in [5.41, 5.74) is 1.18. The van der Waals surface area contributed by atoms with Crippen molar-refractivity contribution in [3.8, 4) is 5.75 Å². The molecule has 0 saturated carbocycles. The van der Waals surface area contributed by atoms with E-state index in [0.29, 0.717) is 19.7 Å². The zero-order chi connectivity index (χ0) is 15.1. The van der Waals surface area contributed by atoms with E-state index in [0.717, 1.165) is 24.8 Å². The number of amides is 1. The molecule has 1 N–H and O–H groups in total. The number of nitrogens with zero attached hydrogens (tertiary/aromatic N) is 1. The van der Waals surface area contributed by atoms with Crippen molar-refractivity contribution in [1.29, 1.82) is 0 Å². The minimum Gasteiger partial charge on any atom is -0.492 e. The Balaban J connectivity index is 1.59. The van der Waals surface area contributed by atoms with Gasteiger partial charge in [-0.2, -0.15) is 0 Å². The van der Waals surface area contributed by atoms with Crippen molar-refractivity contribution >= 4 is 5.91 Å². The first kappa shape index (κ1) is 15.8. The van der Waals surface area contributed by atoms with E-state index in [-0.39, 0.29) is 5.91 Å². The molecule has 1 aliphatic rings. The number of carbonyl (C=O) groups excluding carboxylic acids is 1. The number of likely N-dealkylation sites (tertiary alicyclic amines) is 1. The van der Waals surface area contributed by atoms with Crippen LogP contribution in [0.15, 0.2) is 24.3 Å². The molecule has 0 spiro atoms. The van der Waals surface area contributed by atoms with Crippen molar-refractivity contribution in [3.05, 3.63) is 29.8 Å². The molecule has 0 aliphatic carbocycles. The van der Waals surface area contributed by atoms with Gasteiger partial charge >= 0.3 is 0 Å². The summed E-state index contributed by atoms with van der Waals surface area (Å²) in [4.78, 5) is 14.1. The molecule has 1 heterocycles. The van der Waals surface area contributed by atoms with Crippen molar-refractivity contribution in [3.63, 3.8) is 0 Å². The van der Waals surface area contributed by atoms with E-state index in [2.05, 4.69) is 17.1 Å². The van der Waals surface area contributed by atoms with Crippen LogP contribution >= 0.6 is 0 Å². The van der Waals surface area contributed by atoms with Gasteiger partial charge in [-0.15, -0.1) is 0 Å². The standard InChI is InChI=1S/C17H26N2O2/c1-14-6-9-19(10-7-14)13-17(20)18-8-11-21-16-5-3-4-15(2)12-16/h3-5,12,14H,6-11,13H2,1-2H3,(H,18,20). The summed E-state index contributed by atoms with van der Waals surface area (Å²) in [7, 11) is 0. The number of carbonyl (C=O) groups is 1. The van der Waals surface area contributed by atoms with Crippen LogP contribution in [0.2, 0.25) is 0 Å². The smallest absolute Gasteiger partial charge is 0.234 e. The Labute approximate surface area is 127 Å². The SMILES string of the molecule is Cc1cccc(OCCNC(=O)CN2CCC(C)CC2)c1. The van der Waals surface area contributed by atoms with Crippen LogP contribution in [-0.4, -0.2) is 43.6 Å². The number of nitrogens with one attached hydrogen (secondary N) is 1. The topological polar surface area (TPSA) is 41.6 Å². The predicted octanol–water partition coefficient (Wildman–Crippen LogP) is 2.22. The summed E-state index contributed by atoms with van der Waals surface area (Å²) in [6.45, 7) is 7.96. The normalized spacial score (nSPS) is 16.7. The molecule has 1 amide bonds. The lowest BCUT2D eigenvalue weighted by molar-refractivity contribution is -0.122. The van der Waals surface area contributed by atoms with E-state index in [4.69, 9.17) is 4.74 Å². The van der Waals surface area contributed by atoms with Crippen molar-refractivity contribution in [2.75, 3.05) is 32.8 Å². The molecule has 0 aromatic heterocycles. The van der Waals surface area contributed by atoms with Crippen LogP contribution in [0.4, 0.5) is 0 Å². The van der Waals surface area contributed by atoms with Crippen molar-refractivity contribution in [2.45, 2.75) is 26.7 Å². The van der Waals surface area contributed by atoms with E-state index in [1.165, 1.54) is 18.4 Å². The van der Waals surface area contributed by atoms with E-state index in [1.54, 1.807) is 0 Å². The second-order valence-electron chi connectivity index (χ2n) is 5.97. The summed E-state index contributed by atoms with van der Waals surface area (Å²) >= 11 is 0. The van der Waals surface area contributed by atoms with Crippen LogP contribution in [-0.2, 0) is 4.79 Å². The highest BCUT2D eigenvalue weighted by Gasteiger charge is 2.17. The largest absolute Gasteiger partial charge is 0.492 e. The van der Waals surface area contributed by atoms with E-state index in [9.17, 15) is 4.79 Å². The van der Waals surface area contributed by atoms with Crippen LogP contribution in [0, 0.1) is 12.8 Å². The molecular formula is C17H26N2O2. The third-order valence-electron chi connectivity index (χ3n) is 3.93. The van der Waals surface area contributed by atoms with Gasteiger partial charge in [0.1, 0.15) is 12.4 Å². The maximum absolute atomic E-state index is 11.8. The first-order chi connectivity index (χ1) is 10.1. The van der Waals surface area contributed by atoms with Gasteiger partial charge < -0.3 is 10.1 Å². The van der Waals surface area contributed by atoms with Gasteiger partial charge in [-0.3, -0.25) is 9.69 Å². The minimum absolute atomic E-state index is 0.0948. The third kappa shape index (κ3) is 5.76. The molecule has 21 heavy (non-hydrogen) atoms. The van der Waals surface area contributed by atoms with Crippen LogP contribution in [0.5, 0.6) is 5.75 Å². The third-order valence-corrected chi connectivity index (χ3v) is 3.93. The Hall–Kier alpha value is -1.55. The average Bonchev–Trinajstić information content (AvgIpc) is 2.46. The number of aryl methyl sites for hydroxylation is 1. The second-order valence-corrected chi connectivity index (χ2v) is 5.97. The predicted molar refractivity (Wildman–Crippen MR) is 84.5 cm³/mol. The van der Waals surface area contributed by atoms with Gasteiger partial charge in [0, 0.05) is 0 Å². The Kier molecular flexibility index (Phi) is 6.05. The number of ether oxygens (including phenoxy) is 1. The number of benzene rings is 1. The number of piperidine rings is 1. The molecule has 2 rings (SSSR count). The summed E-state index contributed by atoms with van der Waals surface area (Å²) in [5, 5.41) is 2.92. The van der Waals surface area contributed by atoms with Gasteiger partial charge in [0.05, 0.1) is 13.1 Å². The Morgan fingerprint density at radius 2 is 2.14 bits per heavy atom. The van der Waals surface area contributed by atoms with E-state index < -0.39 is 0 Å². The molecule has 0 bridgehead atoms. The fraction of sp³-hybridized carbons (Fsp3) is 0.588. The average molecular weight is 290 g/mol. The first-order valence-electron chi connectivity index (χ1n) is 7.82. The highest BCUT2D eigenvalue weighted by atomic mass is 16.5. The highest BCUT2D eigenvalue weighted by Crippen LogP contribution is 2.15. The molecule has 1 aliphatic heterocycles. The summed E-state index contributed by atoms with van der Waals surface area (Å²) < 4.78 is 5.61. The summed E-state index contributed by atoms with van der Waals surface area (Å²) in [5.74, 6) is 1.75. The molecule has 1 aromatic carbocycles. The van der Waals surface area contributed by atoms with Crippen LogP contribution in [0.1, 0.15) is 25.3 Å². The Morgan fingerprint density at radius 1 is 1.38 bits per heavy atom. The molecule has 4 nitrogen and oxygen atoms in total. The first-order valence-corrected chi connectivity index (χ1v) is 7.82. The van der Waals surface area contributed by atoms with Crippen LogP contribution in [0.3, 0.4) is 0 Å². The quantitative estimate of drug-likeness (QED) is 0.817. The van der Waals surface area contributed by atoms with Crippen LogP contribution in [0.25, 0.3) is 0 Å². The van der Waals surface area contributed by atoms with Gasteiger partial charge in [-0.05, 0) is 56.5 Å². The lowest BCUT2D eigenvalue weighted by atomic mass is 9.99. The fourth-order valence-electron chi connectivity index (χ4n) is 2.54. The lowest BCUT2D eigenvalue weighted by Crippen LogP contribution is -2.42. The molecule has 116 valence electrons. The summed E-state index contributed by atoms with van der Waals surface area (Å²) in [6.07, 6.45) is 2.40. The molecule has 0 radical (unpaired) electrons. The minimum atomic E-state index is 0.0948. The molecule has 4 heteroatoms. The van der Waals surface area contributed by atoms with Crippen molar-refractivity contribution in [1.82, 2.24) is 10.2 Å². The van der Waals surface area contributed by atoms with Gasteiger partial charge in [0.2, 0.25) is 5.91 Å². The molecule has 0 atom stereocenters. The highest BCUT2D eigenvalue weighted by molar-refractivity contribution is 5.77. The van der Waals surface area contributed by atoms with Gasteiger partial charge in [0.25, 0.3) is 0 Å². The van der Waals surface area contributed by atoms with Gasteiger partial charge in [-0.25, -0.2) is 0 Å². The molecule has 0 unspecified atom stereocenters. The molecule has 1 fully saturated rings. The number of hydrogen-bond acceptors (Lipinski definition) is 3.